The fraction of sp³-hybridized carbons (Fsp3) is 0.222. The van der Waals surface area contributed by atoms with Crippen molar-refractivity contribution in [1.29, 1.82) is 0 Å². The number of nitrogens with zero attached hydrogens (tertiary/aromatic N) is 2. The number of aromatic amines is 2. The summed E-state index contributed by atoms with van der Waals surface area (Å²) < 4.78 is 46.6. The van der Waals surface area contributed by atoms with Gasteiger partial charge in [-0.2, -0.15) is 4.98 Å². The van der Waals surface area contributed by atoms with E-state index in [0.717, 1.165) is 17.2 Å². The molecule has 10 nitrogen and oxygen atoms in total. The lowest BCUT2D eigenvalue weighted by Gasteiger charge is -2.31. The highest BCUT2D eigenvalue weighted by Gasteiger charge is 2.31. The van der Waals surface area contributed by atoms with Gasteiger partial charge in [0.1, 0.15) is 23.5 Å². The molecule has 1 saturated heterocycles. The monoisotopic (exact) mass is 536 g/mol. The average Bonchev–Trinajstić information content (AvgIpc) is 3.55. The molecule has 6 rings (SSSR count). The van der Waals surface area contributed by atoms with Gasteiger partial charge in [0.15, 0.2) is 5.82 Å². The summed E-state index contributed by atoms with van der Waals surface area (Å²) in [6, 6.07) is 15.0. The van der Waals surface area contributed by atoms with Crippen LogP contribution < -0.4 is 10.5 Å². The van der Waals surface area contributed by atoms with Crippen LogP contribution in [-0.2, 0) is 4.74 Å². The van der Waals surface area contributed by atoms with Gasteiger partial charge in [-0.1, -0.05) is 36.4 Å². The number of nitrogens with one attached hydrogen (secondary N) is 2. The molecule has 4 N–H and O–H groups in total. The summed E-state index contributed by atoms with van der Waals surface area (Å²) in [5.41, 5.74) is 2.42. The van der Waals surface area contributed by atoms with Crippen LogP contribution in [0.5, 0.6) is 6.01 Å². The Bertz CT molecular complexity index is 1680. The maximum Gasteiger partial charge on any atom is 0.434 e. The Balaban J connectivity index is 1.23. The summed E-state index contributed by atoms with van der Waals surface area (Å²) in [5.74, 6) is -2.07. The van der Waals surface area contributed by atoms with Gasteiger partial charge in [0.2, 0.25) is 5.89 Å². The number of ether oxygens (including phenoxy) is 2. The van der Waals surface area contributed by atoms with Crippen LogP contribution in [0.2, 0.25) is 0 Å². The Hall–Kier alpha value is -4.39. The molecule has 0 unspecified atom stereocenters. The number of rotatable bonds is 6. The molecule has 0 radical (unpaired) electrons. The first kappa shape index (κ1) is 24.9. The average molecular weight is 536 g/mol. The Labute approximate surface area is 218 Å². The lowest BCUT2D eigenvalue weighted by Crippen LogP contribution is -2.45. The van der Waals surface area contributed by atoms with E-state index >= 15 is 8.78 Å². The first-order valence-electron chi connectivity index (χ1n) is 12.1. The molecular formula is C27H22F2N4O6. The number of imidazole rings is 1. The van der Waals surface area contributed by atoms with Gasteiger partial charge >= 0.3 is 5.76 Å². The van der Waals surface area contributed by atoms with Crippen LogP contribution in [0.1, 0.15) is 6.42 Å². The normalized spacial score (nSPS) is 19.4. The molecule has 3 atom stereocenters. The Morgan fingerprint density at radius 2 is 1.69 bits per heavy atom. The summed E-state index contributed by atoms with van der Waals surface area (Å²) in [4.78, 5) is 18.1. The van der Waals surface area contributed by atoms with Crippen LogP contribution >= 0.6 is 0 Å². The molecule has 3 heterocycles. The van der Waals surface area contributed by atoms with Crippen LogP contribution in [0.4, 0.5) is 8.78 Å². The highest BCUT2D eigenvalue weighted by atomic mass is 19.1. The van der Waals surface area contributed by atoms with Crippen LogP contribution in [0.3, 0.4) is 0 Å². The second kappa shape index (κ2) is 10.1. The second-order valence-corrected chi connectivity index (χ2v) is 9.16. The predicted octanol–water partition coefficient (Wildman–Crippen LogP) is 3.41. The first-order valence-corrected chi connectivity index (χ1v) is 12.1. The van der Waals surface area contributed by atoms with Crippen LogP contribution in [0.15, 0.2) is 63.8 Å². The number of benzene rings is 3. The maximum absolute atomic E-state index is 15.5. The van der Waals surface area contributed by atoms with Gasteiger partial charge in [-0.05, 0) is 28.8 Å². The maximum atomic E-state index is 15.5. The van der Waals surface area contributed by atoms with E-state index in [-0.39, 0.29) is 48.1 Å². The molecule has 0 amide bonds. The Kier molecular flexibility index (Phi) is 6.43. The second-order valence-electron chi connectivity index (χ2n) is 9.16. The van der Waals surface area contributed by atoms with Crippen molar-refractivity contribution in [2.75, 3.05) is 13.2 Å². The molecule has 12 heteroatoms. The van der Waals surface area contributed by atoms with Gasteiger partial charge in [0.25, 0.3) is 6.01 Å². The number of aliphatic hydroxyl groups excluding tert-OH is 2. The zero-order valence-corrected chi connectivity index (χ0v) is 20.2. The van der Waals surface area contributed by atoms with E-state index < -0.39 is 35.7 Å². The molecule has 2 aromatic heterocycles. The van der Waals surface area contributed by atoms with Gasteiger partial charge in [-0.15, -0.1) is 5.10 Å². The summed E-state index contributed by atoms with van der Waals surface area (Å²) >= 11 is 0. The van der Waals surface area contributed by atoms with Crippen molar-refractivity contribution < 1.29 is 32.9 Å². The number of H-pyrrole nitrogens is 2. The molecule has 0 bridgehead atoms. The van der Waals surface area contributed by atoms with E-state index in [2.05, 4.69) is 20.2 Å². The number of fused-ring (bicyclic) bond motifs is 1. The third-order valence-corrected chi connectivity index (χ3v) is 6.61. The van der Waals surface area contributed by atoms with Crippen LogP contribution in [0.25, 0.3) is 44.7 Å². The predicted molar refractivity (Wildman–Crippen MR) is 135 cm³/mol. The van der Waals surface area contributed by atoms with E-state index in [1.54, 1.807) is 36.4 Å². The quantitative estimate of drug-likeness (QED) is 0.258. The minimum atomic E-state index is -0.918. The van der Waals surface area contributed by atoms with Gasteiger partial charge in [-0.3, -0.25) is 0 Å². The Morgan fingerprint density at radius 3 is 2.31 bits per heavy atom. The van der Waals surface area contributed by atoms with E-state index in [4.69, 9.17) is 13.9 Å². The van der Waals surface area contributed by atoms with E-state index in [0.29, 0.717) is 11.1 Å². The van der Waals surface area contributed by atoms with Crippen molar-refractivity contribution in [3.8, 4) is 39.7 Å². The fourth-order valence-corrected chi connectivity index (χ4v) is 4.61. The van der Waals surface area contributed by atoms with Gasteiger partial charge in [0.05, 0.1) is 30.4 Å². The number of hydrogen-bond acceptors (Lipinski definition) is 8. The molecular weight excluding hydrogens is 514 g/mol. The van der Waals surface area contributed by atoms with Crippen molar-refractivity contribution in [3.63, 3.8) is 0 Å². The lowest BCUT2D eigenvalue weighted by atomic mass is 9.98. The minimum Gasteiger partial charge on any atom is -0.459 e. The highest BCUT2D eigenvalue weighted by Crippen LogP contribution is 2.34. The molecule has 0 aliphatic carbocycles. The van der Waals surface area contributed by atoms with Crippen molar-refractivity contribution >= 4 is 11.0 Å². The van der Waals surface area contributed by atoms with Gasteiger partial charge in [-0.25, -0.2) is 18.7 Å². The van der Waals surface area contributed by atoms with Crippen LogP contribution in [0, 0.1) is 11.6 Å². The summed E-state index contributed by atoms with van der Waals surface area (Å²) in [6.07, 6.45) is -1.99. The fourth-order valence-electron chi connectivity index (χ4n) is 4.61. The molecule has 1 fully saturated rings. The van der Waals surface area contributed by atoms with Gasteiger partial charge < -0.3 is 29.1 Å². The third kappa shape index (κ3) is 4.80. The van der Waals surface area contributed by atoms with Gasteiger partial charge in [0, 0.05) is 18.1 Å². The summed E-state index contributed by atoms with van der Waals surface area (Å²) in [5, 5.41) is 25.2. The topological polar surface area (TPSA) is 146 Å². The minimum absolute atomic E-state index is 0.0309. The summed E-state index contributed by atoms with van der Waals surface area (Å²) in [6.45, 7) is -0.207. The lowest BCUT2D eigenvalue weighted by molar-refractivity contribution is -0.131. The van der Waals surface area contributed by atoms with Crippen molar-refractivity contribution in [2.24, 2.45) is 0 Å². The highest BCUT2D eigenvalue weighted by molar-refractivity contribution is 5.84. The largest absolute Gasteiger partial charge is 0.459 e. The first-order chi connectivity index (χ1) is 18.9. The standard InChI is InChI=1S/C27H22F2N4O6/c28-18-10-19-24(31-26(30-19)38-17-9-20(35)21(11-34)37-12-17)23(29)22(18)15-5-1-13(2-6-15)14-3-7-16(8-4-14)25-32-33-27(36)39-25/h1-8,10,17,20-21,34-35H,9,11-12H2,(H,30,31)(H,33,36)/t17-,20+,21-/m1/s1. The van der Waals surface area contributed by atoms with E-state index in [1.807, 2.05) is 12.1 Å². The zero-order chi connectivity index (χ0) is 27.1. The SMILES string of the molecule is O=c1[nH]nc(-c2ccc(-c3ccc(-c4c(F)cc5[nH]c(O[C@H]6CO[C@H](CO)[C@@H](O)C6)nc5c4F)cc3)cc2)o1. The number of halogens is 2. The third-order valence-electron chi connectivity index (χ3n) is 6.61. The molecule has 1 aliphatic heterocycles. The number of aromatic nitrogens is 4. The molecule has 0 saturated carbocycles. The molecule has 200 valence electrons. The van der Waals surface area contributed by atoms with Crippen molar-refractivity contribution in [2.45, 2.75) is 24.7 Å². The summed E-state index contributed by atoms with van der Waals surface area (Å²) in [7, 11) is 0. The smallest absolute Gasteiger partial charge is 0.434 e. The van der Waals surface area contributed by atoms with Crippen molar-refractivity contribution in [3.05, 3.63) is 76.8 Å². The molecule has 1 aliphatic rings. The zero-order valence-electron chi connectivity index (χ0n) is 20.2. The molecule has 0 spiro atoms. The number of aliphatic hydroxyl groups is 2. The molecule has 3 aromatic carbocycles. The molecule has 39 heavy (non-hydrogen) atoms. The Morgan fingerprint density at radius 1 is 1.03 bits per heavy atom. The van der Waals surface area contributed by atoms with E-state index in [1.165, 1.54) is 0 Å². The van der Waals surface area contributed by atoms with E-state index in [9.17, 15) is 15.0 Å². The van der Waals surface area contributed by atoms with Crippen LogP contribution in [-0.4, -0.2) is 61.9 Å². The van der Waals surface area contributed by atoms with Crippen molar-refractivity contribution in [1.82, 2.24) is 20.2 Å². The molecule has 5 aromatic rings. The number of hydrogen-bond donors (Lipinski definition) is 4.